The lowest BCUT2D eigenvalue weighted by Gasteiger charge is -2.33. The Hall–Kier alpha value is -0.890. The molecule has 19 heavy (non-hydrogen) atoms. The summed E-state index contributed by atoms with van der Waals surface area (Å²) >= 11 is 0. The van der Waals surface area contributed by atoms with E-state index in [4.69, 9.17) is 9.52 Å². The number of piperidine rings is 1. The van der Waals surface area contributed by atoms with Crippen LogP contribution in [-0.4, -0.2) is 48.9 Å². The zero-order chi connectivity index (χ0) is 13.9. The van der Waals surface area contributed by atoms with Crippen molar-refractivity contribution in [2.45, 2.75) is 19.4 Å². The van der Waals surface area contributed by atoms with Crippen molar-refractivity contribution in [1.29, 1.82) is 0 Å². The van der Waals surface area contributed by atoms with Gasteiger partial charge in [0, 0.05) is 38.9 Å². The highest BCUT2D eigenvalue weighted by Gasteiger charge is 2.30. The molecule has 0 aromatic carbocycles. The number of aliphatic hydroxyl groups excluding tert-OH is 1. The number of nitrogens with zero attached hydrogens (tertiary/aromatic N) is 2. The molecule has 0 atom stereocenters. The van der Waals surface area contributed by atoms with E-state index in [0.29, 0.717) is 19.6 Å². The molecule has 0 amide bonds. The van der Waals surface area contributed by atoms with Gasteiger partial charge in [-0.1, -0.05) is 0 Å². The highest BCUT2D eigenvalue weighted by atomic mass is 32.2. The van der Waals surface area contributed by atoms with Gasteiger partial charge in [-0.2, -0.15) is 17.0 Å². The van der Waals surface area contributed by atoms with Crippen LogP contribution in [0, 0.1) is 5.92 Å². The van der Waals surface area contributed by atoms with Gasteiger partial charge >= 0.3 is 0 Å². The number of rotatable bonds is 5. The molecule has 108 valence electrons. The maximum atomic E-state index is 12.4. The molecule has 2 rings (SSSR count). The standard InChI is InChI=1S/C12H20N2O4S/c1-13(8-12-4-7-18-10-12)19(16,17)14-5-2-11(9-15)3-6-14/h4,7,10-11,15H,2-3,5-6,8-9H2,1H3. The molecule has 7 heteroatoms. The molecule has 0 radical (unpaired) electrons. The van der Waals surface area contributed by atoms with Crippen molar-refractivity contribution < 1.29 is 17.9 Å². The third kappa shape index (κ3) is 3.36. The molecule has 1 aliphatic rings. The second-order valence-electron chi connectivity index (χ2n) is 4.92. The van der Waals surface area contributed by atoms with Crippen LogP contribution in [0.1, 0.15) is 18.4 Å². The summed E-state index contributed by atoms with van der Waals surface area (Å²) in [7, 11) is -1.86. The number of hydrogen-bond acceptors (Lipinski definition) is 4. The van der Waals surface area contributed by atoms with Crippen LogP contribution in [0.15, 0.2) is 23.0 Å². The summed E-state index contributed by atoms with van der Waals surface area (Å²) < 4.78 is 32.5. The third-order valence-corrected chi connectivity index (χ3v) is 5.47. The van der Waals surface area contributed by atoms with Gasteiger partial charge in [-0.15, -0.1) is 0 Å². The van der Waals surface area contributed by atoms with E-state index >= 15 is 0 Å². The van der Waals surface area contributed by atoms with Gasteiger partial charge in [0.25, 0.3) is 10.2 Å². The SMILES string of the molecule is CN(Cc1ccoc1)S(=O)(=O)N1CCC(CO)CC1. The number of furan rings is 1. The molecule has 2 heterocycles. The Labute approximate surface area is 113 Å². The average Bonchev–Trinajstić information content (AvgIpc) is 2.91. The van der Waals surface area contributed by atoms with Crippen LogP contribution in [0.5, 0.6) is 0 Å². The van der Waals surface area contributed by atoms with E-state index in [1.54, 1.807) is 19.4 Å². The minimum absolute atomic E-state index is 0.138. The van der Waals surface area contributed by atoms with Crippen LogP contribution >= 0.6 is 0 Å². The van der Waals surface area contributed by atoms with Gasteiger partial charge in [0.05, 0.1) is 12.5 Å². The second kappa shape index (κ2) is 6.04. The Balaban J connectivity index is 1.98. The lowest BCUT2D eigenvalue weighted by molar-refractivity contribution is 0.166. The first-order valence-electron chi connectivity index (χ1n) is 6.37. The topological polar surface area (TPSA) is 74.0 Å². The van der Waals surface area contributed by atoms with Crippen LogP contribution in [0.2, 0.25) is 0 Å². The quantitative estimate of drug-likeness (QED) is 0.864. The molecule has 1 aromatic heterocycles. The molecule has 1 aliphatic heterocycles. The van der Waals surface area contributed by atoms with Crippen molar-refractivity contribution in [3.8, 4) is 0 Å². The molecule has 1 saturated heterocycles. The molecule has 0 saturated carbocycles. The van der Waals surface area contributed by atoms with E-state index in [1.165, 1.54) is 14.9 Å². The fraction of sp³-hybridized carbons (Fsp3) is 0.667. The predicted molar refractivity (Wildman–Crippen MR) is 70.5 cm³/mol. The highest BCUT2D eigenvalue weighted by Crippen LogP contribution is 2.21. The van der Waals surface area contributed by atoms with Crippen molar-refractivity contribution in [2.24, 2.45) is 5.92 Å². The maximum Gasteiger partial charge on any atom is 0.282 e. The molecule has 0 aliphatic carbocycles. The first-order chi connectivity index (χ1) is 9.04. The van der Waals surface area contributed by atoms with E-state index in [9.17, 15) is 8.42 Å². The molecule has 0 bridgehead atoms. The highest BCUT2D eigenvalue weighted by molar-refractivity contribution is 7.86. The van der Waals surface area contributed by atoms with Crippen LogP contribution in [0.4, 0.5) is 0 Å². The van der Waals surface area contributed by atoms with Crippen molar-refractivity contribution in [3.63, 3.8) is 0 Å². The first-order valence-corrected chi connectivity index (χ1v) is 7.77. The predicted octanol–water partition coefficient (Wildman–Crippen LogP) is 0.661. The summed E-state index contributed by atoms with van der Waals surface area (Å²) in [5, 5.41) is 9.07. The van der Waals surface area contributed by atoms with E-state index in [-0.39, 0.29) is 12.5 Å². The van der Waals surface area contributed by atoms with Gasteiger partial charge in [-0.05, 0) is 24.8 Å². The monoisotopic (exact) mass is 288 g/mol. The van der Waals surface area contributed by atoms with Gasteiger partial charge in [0.2, 0.25) is 0 Å². The van der Waals surface area contributed by atoms with E-state index in [1.807, 2.05) is 0 Å². The molecule has 6 nitrogen and oxygen atoms in total. The second-order valence-corrected chi connectivity index (χ2v) is 6.96. The normalized spacial score (nSPS) is 19.1. The zero-order valence-corrected chi connectivity index (χ0v) is 11.8. The van der Waals surface area contributed by atoms with Crippen LogP contribution in [0.25, 0.3) is 0 Å². The largest absolute Gasteiger partial charge is 0.472 e. The summed E-state index contributed by atoms with van der Waals surface area (Å²) in [6, 6.07) is 1.75. The summed E-state index contributed by atoms with van der Waals surface area (Å²) in [5.74, 6) is 0.227. The fourth-order valence-corrected chi connectivity index (χ4v) is 3.62. The van der Waals surface area contributed by atoms with E-state index in [2.05, 4.69) is 0 Å². The van der Waals surface area contributed by atoms with Crippen LogP contribution in [-0.2, 0) is 16.8 Å². The van der Waals surface area contributed by atoms with Crippen molar-refractivity contribution >= 4 is 10.2 Å². The van der Waals surface area contributed by atoms with E-state index in [0.717, 1.165) is 18.4 Å². The molecular formula is C12H20N2O4S. The van der Waals surface area contributed by atoms with Crippen molar-refractivity contribution in [1.82, 2.24) is 8.61 Å². The number of aliphatic hydroxyl groups is 1. The van der Waals surface area contributed by atoms with Gasteiger partial charge in [-0.3, -0.25) is 0 Å². The summed E-state index contributed by atoms with van der Waals surface area (Å²) in [6.45, 7) is 1.39. The zero-order valence-electron chi connectivity index (χ0n) is 11.0. The maximum absolute atomic E-state index is 12.4. The summed E-state index contributed by atoms with van der Waals surface area (Å²) in [5.41, 5.74) is 0.830. The van der Waals surface area contributed by atoms with Gasteiger partial charge in [0.15, 0.2) is 0 Å². The Morgan fingerprint density at radius 3 is 2.68 bits per heavy atom. The minimum Gasteiger partial charge on any atom is -0.472 e. The smallest absolute Gasteiger partial charge is 0.282 e. The summed E-state index contributed by atoms with van der Waals surface area (Å²) in [6.07, 6.45) is 4.51. The molecule has 1 fully saturated rings. The van der Waals surface area contributed by atoms with E-state index < -0.39 is 10.2 Å². The van der Waals surface area contributed by atoms with Crippen LogP contribution in [0.3, 0.4) is 0 Å². The third-order valence-electron chi connectivity index (χ3n) is 3.54. The number of hydrogen-bond donors (Lipinski definition) is 1. The lowest BCUT2D eigenvalue weighted by Crippen LogP contribution is -2.45. The minimum atomic E-state index is -3.43. The Morgan fingerprint density at radius 1 is 1.47 bits per heavy atom. The first kappa shape index (κ1) is 14.5. The fourth-order valence-electron chi connectivity index (χ4n) is 2.24. The van der Waals surface area contributed by atoms with Crippen LogP contribution < -0.4 is 0 Å². The van der Waals surface area contributed by atoms with Gasteiger partial charge in [0.1, 0.15) is 0 Å². The van der Waals surface area contributed by atoms with Gasteiger partial charge in [-0.25, -0.2) is 0 Å². The Bertz CT molecular complexity index is 478. The molecule has 1 N–H and O–H groups in total. The van der Waals surface area contributed by atoms with Crippen molar-refractivity contribution in [2.75, 3.05) is 26.7 Å². The Kier molecular flexibility index (Phi) is 4.62. The Morgan fingerprint density at radius 2 is 2.16 bits per heavy atom. The molecule has 1 aromatic rings. The lowest BCUT2D eigenvalue weighted by atomic mass is 10.00. The molecule has 0 unspecified atom stereocenters. The average molecular weight is 288 g/mol. The molecule has 0 spiro atoms. The summed E-state index contributed by atoms with van der Waals surface area (Å²) in [4.78, 5) is 0. The van der Waals surface area contributed by atoms with Gasteiger partial charge < -0.3 is 9.52 Å². The molecular weight excluding hydrogens is 268 g/mol. The van der Waals surface area contributed by atoms with Crippen molar-refractivity contribution in [3.05, 3.63) is 24.2 Å².